The third-order valence-corrected chi connectivity index (χ3v) is 4.82. The summed E-state index contributed by atoms with van der Waals surface area (Å²) in [4.78, 5) is 0. The van der Waals surface area contributed by atoms with Crippen LogP contribution >= 0.6 is 15.9 Å². The lowest BCUT2D eigenvalue weighted by molar-refractivity contribution is 0.00229. The Balaban J connectivity index is 1.99. The van der Waals surface area contributed by atoms with Crippen LogP contribution in [-0.4, -0.2) is 17.3 Å². The third-order valence-electron chi connectivity index (χ3n) is 4.32. The van der Waals surface area contributed by atoms with Gasteiger partial charge in [0.15, 0.2) is 0 Å². The van der Waals surface area contributed by atoms with Crippen LogP contribution in [0.1, 0.15) is 44.6 Å². The minimum absolute atomic E-state index is 0.508. The molecule has 1 fully saturated rings. The Labute approximate surface area is 129 Å². The monoisotopic (exact) mass is 336 g/mol. The zero-order chi connectivity index (χ0) is 14.6. The summed E-state index contributed by atoms with van der Waals surface area (Å²) in [5, 5.41) is 23.0. The number of hydrogen-bond acceptors (Lipinski definition) is 3. The van der Waals surface area contributed by atoms with Crippen LogP contribution in [0.4, 0.5) is 5.69 Å². The van der Waals surface area contributed by atoms with Crippen molar-refractivity contribution in [3.63, 3.8) is 0 Å². The fraction of sp³-hybridized carbons (Fsp3) is 0.562. The molecule has 0 unspecified atom stereocenters. The number of anilines is 1. The third kappa shape index (κ3) is 3.74. The minimum Gasteiger partial charge on any atom is -0.388 e. The average molecular weight is 337 g/mol. The Kier molecular flexibility index (Phi) is 5.06. The molecular formula is C16H21BrN2O. The van der Waals surface area contributed by atoms with Crippen LogP contribution < -0.4 is 5.32 Å². The van der Waals surface area contributed by atoms with Gasteiger partial charge in [-0.05, 0) is 49.8 Å². The van der Waals surface area contributed by atoms with Crippen molar-refractivity contribution < 1.29 is 5.11 Å². The van der Waals surface area contributed by atoms with Gasteiger partial charge in [-0.15, -0.1) is 0 Å². The highest BCUT2D eigenvalue weighted by atomic mass is 79.9. The van der Waals surface area contributed by atoms with E-state index in [-0.39, 0.29) is 0 Å². The van der Waals surface area contributed by atoms with Crippen molar-refractivity contribution in [3.8, 4) is 6.07 Å². The van der Waals surface area contributed by atoms with Crippen molar-refractivity contribution >= 4 is 21.6 Å². The highest BCUT2D eigenvalue weighted by molar-refractivity contribution is 9.10. The van der Waals surface area contributed by atoms with Gasteiger partial charge in [0, 0.05) is 11.0 Å². The van der Waals surface area contributed by atoms with E-state index in [1.54, 1.807) is 6.07 Å². The van der Waals surface area contributed by atoms with Crippen molar-refractivity contribution in [1.29, 1.82) is 5.26 Å². The number of rotatable bonds is 4. The van der Waals surface area contributed by atoms with Crippen molar-refractivity contribution in [2.45, 2.75) is 44.6 Å². The highest BCUT2D eigenvalue weighted by Gasteiger charge is 2.32. The zero-order valence-electron chi connectivity index (χ0n) is 11.8. The first-order valence-electron chi connectivity index (χ1n) is 7.22. The summed E-state index contributed by atoms with van der Waals surface area (Å²) < 4.78 is 0.931. The van der Waals surface area contributed by atoms with Gasteiger partial charge >= 0.3 is 0 Å². The highest BCUT2D eigenvalue weighted by Crippen LogP contribution is 2.34. The second kappa shape index (κ2) is 6.60. The number of aliphatic hydroxyl groups is 1. The number of nitrogens with one attached hydrogen (secondary N) is 1. The van der Waals surface area contributed by atoms with Crippen LogP contribution in [0.15, 0.2) is 22.7 Å². The Morgan fingerprint density at radius 1 is 1.45 bits per heavy atom. The molecule has 4 heteroatoms. The maximum atomic E-state index is 10.6. The van der Waals surface area contributed by atoms with E-state index in [1.807, 2.05) is 12.1 Å². The van der Waals surface area contributed by atoms with Crippen molar-refractivity contribution in [3.05, 3.63) is 28.2 Å². The molecule has 0 bridgehead atoms. The molecule has 1 aromatic rings. The van der Waals surface area contributed by atoms with Crippen LogP contribution in [-0.2, 0) is 0 Å². The largest absolute Gasteiger partial charge is 0.388 e. The summed E-state index contributed by atoms with van der Waals surface area (Å²) in [7, 11) is 0. The summed E-state index contributed by atoms with van der Waals surface area (Å²) in [5.41, 5.74) is 0.757. The molecule has 0 aromatic heterocycles. The molecule has 2 rings (SSSR count). The van der Waals surface area contributed by atoms with Crippen molar-refractivity contribution in [1.82, 2.24) is 0 Å². The van der Waals surface area contributed by atoms with E-state index in [0.717, 1.165) is 41.8 Å². The van der Waals surface area contributed by atoms with Gasteiger partial charge in [0.2, 0.25) is 0 Å². The zero-order valence-corrected chi connectivity index (χ0v) is 13.4. The maximum absolute atomic E-state index is 10.6. The van der Waals surface area contributed by atoms with Crippen LogP contribution in [0.2, 0.25) is 0 Å². The first-order valence-corrected chi connectivity index (χ1v) is 8.01. The van der Waals surface area contributed by atoms with E-state index in [0.29, 0.717) is 12.1 Å². The second-order valence-corrected chi connectivity index (χ2v) is 6.65. The van der Waals surface area contributed by atoms with Gasteiger partial charge in [-0.2, -0.15) is 5.26 Å². The van der Waals surface area contributed by atoms with Gasteiger partial charge in [0.1, 0.15) is 6.07 Å². The first kappa shape index (κ1) is 15.3. The molecule has 1 saturated carbocycles. The molecule has 2 N–H and O–H groups in total. The lowest BCUT2D eigenvalue weighted by atomic mass is 9.78. The van der Waals surface area contributed by atoms with Crippen molar-refractivity contribution in [2.24, 2.45) is 5.92 Å². The molecule has 1 aliphatic carbocycles. The summed E-state index contributed by atoms with van der Waals surface area (Å²) in [6, 6.07) is 7.70. The lowest BCUT2D eigenvalue weighted by Gasteiger charge is -2.36. The number of hydrogen-bond donors (Lipinski definition) is 2. The van der Waals surface area contributed by atoms with Gasteiger partial charge in [-0.25, -0.2) is 0 Å². The quantitative estimate of drug-likeness (QED) is 0.871. The molecule has 1 aliphatic rings. The average Bonchev–Trinajstić information content (AvgIpc) is 2.46. The summed E-state index contributed by atoms with van der Waals surface area (Å²) >= 11 is 3.41. The van der Waals surface area contributed by atoms with Crippen LogP contribution in [0, 0.1) is 17.2 Å². The topological polar surface area (TPSA) is 56.0 Å². The molecule has 0 aliphatic heterocycles. The fourth-order valence-corrected chi connectivity index (χ4v) is 3.18. The molecule has 0 saturated heterocycles. The van der Waals surface area contributed by atoms with Gasteiger partial charge in [0.25, 0.3) is 0 Å². The van der Waals surface area contributed by atoms with Crippen LogP contribution in [0.25, 0.3) is 0 Å². The van der Waals surface area contributed by atoms with E-state index in [4.69, 9.17) is 5.26 Å². The molecule has 0 spiro atoms. The smallest absolute Gasteiger partial charge is 0.101 e. The molecule has 108 valence electrons. The van der Waals surface area contributed by atoms with Gasteiger partial charge in [0.05, 0.1) is 16.9 Å². The molecule has 3 nitrogen and oxygen atoms in total. The Bertz CT molecular complexity index is 502. The van der Waals surface area contributed by atoms with E-state index in [1.165, 1.54) is 6.42 Å². The Hall–Kier alpha value is -1.05. The Morgan fingerprint density at radius 2 is 2.15 bits per heavy atom. The van der Waals surface area contributed by atoms with Crippen LogP contribution in [0.3, 0.4) is 0 Å². The number of nitriles is 1. The molecule has 20 heavy (non-hydrogen) atoms. The van der Waals surface area contributed by atoms with Gasteiger partial charge in [-0.1, -0.05) is 29.3 Å². The molecule has 0 heterocycles. The second-order valence-electron chi connectivity index (χ2n) is 5.73. The lowest BCUT2D eigenvalue weighted by Crippen LogP contribution is -2.40. The Morgan fingerprint density at radius 3 is 2.75 bits per heavy atom. The molecular weight excluding hydrogens is 316 g/mol. The van der Waals surface area contributed by atoms with E-state index >= 15 is 0 Å². The molecule has 0 atom stereocenters. The summed E-state index contributed by atoms with van der Waals surface area (Å²) in [5.74, 6) is 0.760. The number of halogens is 1. The van der Waals surface area contributed by atoms with Crippen molar-refractivity contribution in [2.75, 3.05) is 11.9 Å². The van der Waals surface area contributed by atoms with Gasteiger partial charge in [-0.3, -0.25) is 0 Å². The van der Waals surface area contributed by atoms with E-state index in [2.05, 4.69) is 34.2 Å². The van der Waals surface area contributed by atoms with Gasteiger partial charge < -0.3 is 10.4 Å². The maximum Gasteiger partial charge on any atom is 0.101 e. The number of nitrogens with zero attached hydrogens (tertiary/aromatic N) is 1. The minimum atomic E-state index is -0.638. The fourth-order valence-electron chi connectivity index (χ4n) is 2.82. The van der Waals surface area contributed by atoms with Crippen LogP contribution in [0.5, 0.6) is 0 Å². The predicted molar refractivity (Wildman–Crippen MR) is 84.5 cm³/mol. The molecule has 1 aromatic carbocycles. The SMILES string of the molecule is CCC1CCC(O)(CNc2cc(Br)ccc2C#N)CC1. The summed E-state index contributed by atoms with van der Waals surface area (Å²) in [6.45, 7) is 2.72. The van der Waals surface area contributed by atoms with E-state index in [9.17, 15) is 5.11 Å². The number of benzene rings is 1. The molecule has 0 amide bonds. The standard InChI is InChI=1S/C16H21BrN2O/c1-2-12-5-7-16(20,8-6-12)11-19-15-9-14(17)4-3-13(15)10-18/h3-4,9,12,19-20H,2,5-8,11H2,1H3. The first-order chi connectivity index (χ1) is 9.56. The normalized spacial score (nSPS) is 26.0. The predicted octanol–water partition coefficient (Wildman–Crippen LogP) is 4.06. The van der Waals surface area contributed by atoms with E-state index < -0.39 is 5.60 Å². The molecule has 0 radical (unpaired) electrons. The summed E-state index contributed by atoms with van der Waals surface area (Å²) in [6.07, 6.45) is 5.08.